The highest BCUT2D eigenvalue weighted by Crippen LogP contribution is 2.25. The van der Waals surface area contributed by atoms with Crippen LogP contribution < -0.4 is 4.72 Å². The molecular weight excluding hydrogens is 312 g/mol. The number of nitrogens with zero attached hydrogens (tertiary/aromatic N) is 1. The second kappa shape index (κ2) is 5.94. The molecule has 0 saturated carbocycles. The number of hydrogen-bond acceptors (Lipinski definition) is 4. The number of rotatable bonds is 4. The summed E-state index contributed by atoms with van der Waals surface area (Å²) >= 11 is 0. The molecule has 1 aliphatic rings. The molecule has 118 valence electrons. The van der Waals surface area contributed by atoms with Gasteiger partial charge >= 0.3 is 0 Å². The van der Waals surface area contributed by atoms with Gasteiger partial charge in [0.25, 0.3) is 0 Å². The van der Waals surface area contributed by atoms with Crippen LogP contribution in [0.4, 0.5) is 5.69 Å². The summed E-state index contributed by atoms with van der Waals surface area (Å²) in [6.07, 6.45) is 3.84. The zero-order valence-corrected chi connectivity index (χ0v) is 13.7. The molecule has 8 heteroatoms. The predicted molar refractivity (Wildman–Crippen MR) is 82.1 cm³/mol. The average Bonchev–Trinajstić information content (AvgIpc) is 2.37. The quantitative estimate of drug-likeness (QED) is 0.908. The lowest BCUT2D eigenvalue weighted by Gasteiger charge is -2.32. The van der Waals surface area contributed by atoms with Crippen molar-refractivity contribution in [3.8, 4) is 0 Å². The van der Waals surface area contributed by atoms with Crippen LogP contribution in [0, 0.1) is 0 Å². The van der Waals surface area contributed by atoms with Gasteiger partial charge in [0.05, 0.1) is 11.2 Å². The van der Waals surface area contributed by atoms with Crippen molar-refractivity contribution in [3.05, 3.63) is 24.3 Å². The first-order valence-electron chi connectivity index (χ1n) is 6.80. The van der Waals surface area contributed by atoms with Crippen LogP contribution in [0.1, 0.15) is 26.2 Å². The van der Waals surface area contributed by atoms with Crippen molar-refractivity contribution in [2.75, 3.05) is 17.5 Å². The van der Waals surface area contributed by atoms with Crippen molar-refractivity contribution in [2.24, 2.45) is 0 Å². The smallest absolute Gasteiger partial charge is 0.243 e. The molecular formula is C13H20N2O4S2. The van der Waals surface area contributed by atoms with E-state index in [4.69, 9.17) is 0 Å². The minimum atomic E-state index is -3.52. The molecule has 0 radical (unpaired) electrons. The third-order valence-electron chi connectivity index (χ3n) is 3.51. The Balaban J connectivity index is 2.24. The highest BCUT2D eigenvalue weighted by molar-refractivity contribution is 7.92. The van der Waals surface area contributed by atoms with Crippen molar-refractivity contribution < 1.29 is 16.8 Å². The van der Waals surface area contributed by atoms with Crippen molar-refractivity contribution in [3.63, 3.8) is 0 Å². The topological polar surface area (TPSA) is 83.6 Å². The van der Waals surface area contributed by atoms with Gasteiger partial charge in [-0.25, -0.2) is 16.8 Å². The van der Waals surface area contributed by atoms with Gasteiger partial charge in [0.1, 0.15) is 0 Å². The molecule has 0 amide bonds. The normalized spacial score (nSPS) is 21.1. The first kappa shape index (κ1) is 16.3. The maximum Gasteiger partial charge on any atom is 0.243 e. The molecule has 2 rings (SSSR count). The third-order valence-corrected chi connectivity index (χ3v) is 6.14. The molecule has 21 heavy (non-hydrogen) atoms. The number of sulfonamides is 2. The molecule has 1 heterocycles. The maximum atomic E-state index is 12.6. The summed E-state index contributed by atoms with van der Waals surface area (Å²) in [5.41, 5.74) is 0.350. The number of piperidine rings is 1. The number of nitrogens with one attached hydrogen (secondary N) is 1. The second-order valence-electron chi connectivity index (χ2n) is 5.36. The first-order chi connectivity index (χ1) is 9.70. The summed E-state index contributed by atoms with van der Waals surface area (Å²) in [6.45, 7) is 2.45. The van der Waals surface area contributed by atoms with Crippen LogP contribution in [0.15, 0.2) is 29.2 Å². The minimum Gasteiger partial charge on any atom is -0.284 e. The lowest BCUT2D eigenvalue weighted by atomic mass is 10.1. The van der Waals surface area contributed by atoms with Gasteiger partial charge < -0.3 is 0 Å². The van der Waals surface area contributed by atoms with Crippen molar-refractivity contribution in [2.45, 2.75) is 37.1 Å². The molecule has 1 saturated heterocycles. The first-order valence-corrected chi connectivity index (χ1v) is 10.1. The maximum absolute atomic E-state index is 12.6. The van der Waals surface area contributed by atoms with E-state index >= 15 is 0 Å². The molecule has 6 nitrogen and oxygen atoms in total. The van der Waals surface area contributed by atoms with E-state index in [1.807, 2.05) is 6.92 Å². The summed E-state index contributed by atoms with van der Waals surface area (Å²) in [4.78, 5) is 0.190. The SMILES string of the molecule is CC1CCCCN1S(=O)(=O)c1ccc(NS(C)(=O)=O)cc1. The fourth-order valence-electron chi connectivity index (χ4n) is 2.47. The van der Waals surface area contributed by atoms with E-state index in [-0.39, 0.29) is 10.9 Å². The Morgan fingerprint density at radius 1 is 1.10 bits per heavy atom. The second-order valence-corrected chi connectivity index (χ2v) is 9.00. The monoisotopic (exact) mass is 332 g/mol. The Kier molecular flexibility index (Phi) is 4.60. The van der Waals surface area contributed by atoms with E-state index in [1.54, 1.807) is 0 Å². The van der Waals surface area contributed by atoms with E-state index in [0.717, 1.165) is 25.5 Å². The summed E-state index contributed by atoms with van der Waals surface area (Å²) in [5.74, 6) is 0. The van der Waals surface area contributed by atoms with Crippen molar-refractivity contribution >= 4 is 25.7 Å². The molecule has 1 N–H and O–H groups in total. The molecule has 0 aromatic heterocycles. The van der Waals surface area contributed by atoms with Crippen LogP contribution in [-0.4, -0.2) is 40.0 Å². The van der Waals surface area contributed by atoms with Crippen LogP contribution in [0.3, 0.4) is 0 Å². The summed E-state index contributed by atoms with van der Waals surface area (Å²) in [7, 11) is -6.88. The lowest BCUT2D eigenvalue weighted by molar-refractivity contribution is 0.268. The van der Waals surface area contributed by atoms with Gasteiger partial charge in [-0.2, -0.15) is 4.31 Å². The Labute approximate surface area is 126 Å². The average molecular weight is 332 g/mol. The zero-order chi connectivity index (χ0) is 15.7. The van der Waals surface area contributed by atoms with Crippen molar-refractivity contribution in [1.29, 1.82) is 0 Å². The van der Waals surface area contributed by atoms with Crippen LogP contribution >= 0.6 is 0 Å². The lowest BCUT2D eigenvalue weighted by Crippen LogP contribution is -2.41. The molecule has 0 bridgehead atoms. The van der Waals surface area contributed by atoms with Gasteiger partial charge in [0, 0.05) is 18.3 Å². The number of benzene rings is 1. The van der Waals surface area contributed by atoms with Crippen LogP contribution in [0.2, 0.25) is 0 Å². The van der Waals surface area contributed by atoms with E-state index in [9.17, 15) is 16.8 Å². The Bertz CT molecular complexity index is 696. The molecule has 0 spiro atoms. The van der Waals surface area contributed by atoms with Gasteiger partial charge in [-0.15, -0.1) is 0 Å². The highest BCUT2D eigenvalue weighted by Gasteiger charge is 2.30. The molecule has 0 aliphatic carbocycles. The Morgan fingerprint density at radius 2 is 1.71 bits per heavy atom. The van der Waals surface area contributed by atoms with E-state index < -0.39 is 20.0 Å². The molecule has 1 aromatic rings. The van der Waals surface area contributed by atoms with Gasteiger partial charge in [0.15, 0.2) is 0 Å². The Morgan fingerprint density at radius 3 is 2.24 bits per heavy atom. The van der Waals surface area contributed by atoms with E-state index in [1.165, 1.54) is 28.6 Å². The molecule has 1 aliphatic heterocycles. The van der Waals surface area contributed by atoms with Crippen molar-refractivity contribution in [1.82, 2.24) is 4.31 Å². The fraction of sp³-hybridized carbons (Fsp3) is 0.538. The van der Waals surface area contributed by atoms with Gasteiger partial charge in [0.2, 0.25) is 20.0 Å². The largest absolute Gasteiger partial charge is 0.284 e. The summed E-state index contributed by atoms with van der Waals surface area (Å²) in [6, 6.07) is 5.79. The van der Waals surface area contributed by atoms with Crippen LogP contribution in [0.5, 0.6) is 0 Å². The zero-order valence-electron chi connectivity index (χ0n) is 12.1. The molecule has 1 unspecified atom stereocenters. The number of anilines is 1. The van der Waals surface area contributed by atoms with Gasteiger partial charge in [-0.3, -0.25) is 4.72 Å². The van der Waals surface area contributed by atoms with E-state index in [0.29, 0.717) is 12.2 Å². The Hall–Kier alpha value is -1.12. The molecule has 1 atom stereocenters. The standard InChI is InChI=1S/C13H20N2O4S2/c1-11-5-3-4-10-15(11)21(18,19)13-8-6-12(7-9-13)14-20(2,16)17/h6-9,11,14H,3-5,10H2,1-2H3. The van der Waals surface area contributed by atoms with E-state index in [2.05, 4.69) is 4.72 Å². The highest BCUT2D eigenvalue weighted by atomic mass is 32.2. The van der Waals surface area contributed by atoms with Crippen LogP contribution in [0.25, 0.3) is 0 Å². The molecule has 1 fully saturated rings. The summed E-state index contributed by atoms with van der Waals surface area (Å²) < 4.78 is 51.3. The predicted octanol–water partition coefficient (Wildman–Crippen LogP) is 1.62. The molecule has 1 aromatic carbocycles. The third kappa shape index (κ3) is 3.96. The van der Waals surface area contributed by atoms with Gasteiger partial charge in [-0.1, -0.05) is 6.42 Å². The fourth-order valence-corrected chi connectivity index (χ4v) is 4.74. The summed E-state index contributed by atoms with van der Waals surface area (Å²) in [5, 5.41) is 0. The number of hydrogen-bond donors (Lipinski definition) is 1. The van der Waals surface area contributed by atoms with Crippen LogP contribution in [-0.2, 0) is 20.0 Å². The van der Waals surface area contributed by atoms with Gasteiger partial charge in [-0.05, 0) is 44.0 Å². The minimum absolute atomic E-state index is 0.00225.